The molecule has 0 spiro atoms. The molecule has 2 heteroatoms. The highest BCUT2D eigenvalue weighted by atomic mass is 15.1. The predicted molar refractivity (Wildman–Crippen MR) is 96.8 cm³/mol. The van der Waals surface area contributed by atoms with E-state index in [1.807, 2.05) is 0 Å². The standard InChI is InChI=1S/C19H42N2/c1-16(2)9-11-21(12-10-17(3)4)15-19(7,8)14-20-13-18(5)6/h16-18,20H,9-15H2,1-8H3. The molecule has 0 aromatic carbocycles. The number of hydrogen-bond donors (Lipinski definition) is 1. The lowest BCUT2D eigenvalue weighted by Gasteiger charge is -2.34. The summed E-state index contributed by atoms with van der Waals surface area (Å²) in [5.74, 6) is 2.33. The van der Waals surface area contributed by atoms with Crippen molar-refractivity contribution in [3.05, 3.63) is 0 Å². The SMILES string of the molecule is CC(C)CCN(CCC(C)C)CC(C)(C)CNCC(C)C. The third kappa shape index (κ3) is 13.3. The van der Waals surface area contributed by atoms with E-state index in [9.17, 15) is 0 Å². The monoisotopic (exact) mass is 298 g/mol. The molecule has 21 heavy (non-hydrogen) atoms. The average molecular weight is 299 g/mol. The molecule has 0 amide bonds. The van der Waals surface area contributed by atoms with Crippen LogP contribution in [0.25, 0.3) is 0 Å². The van der Waals surface area contributed by atoms with Crippen molar-refractivity contribution < 1.29 is 0 Å². The summed E-state index contributed by atoms with van der Waals surface area (Å²) >= 11 is 0. The van der Waals surface area contributed by atoms with Crippen molar-refractivity contribution in [3.63, 3.8) is 0 Å². The van der Waals surface area contributed by atoms with Gasteiger partial charge in [-0.3, -0.25) is 0 Å². The summed E-state index contributed by atoms with van der Waals surface area (Å²) in [6, 6.07) is 0. The van der Waals surface area contributed by atoms with Crippen LogP contribution in [0.2, 0.25) is 0 Å². The summed E-state index contributed by atoms with van der Waals surface area (Å²) in [5, 5.41) is 3.63. The summed E-state index contributed by atoms with van der Waals surface area (Å²) < 4.78 is 0. The zero-order valence-electron chi connectivity index (χ0n) is 16.1. The highest BCUT2D eigenvalue weighted by Gasteiger charge is 2.21. The molecule has 2 nitrogen and oxygen atoms in total. The Bertz CT molecular complexity index is 232. The lowest BCUT2D eigenvalue weighted by molar-refractivity contribution is 0.160. The number of nitrogens with one attached hydrogen (secondary N) is 1. The molecule has 1 N–H and O–H groups in total. The van der Waals surface area contributed by atoms with Crippen molar-refractivity contribution in [1.29, 1.82) is 0 Å². The Hall–Kier alpha value is -0.0800. The largest absolute Gasteiger partial charge is 0.316 e. The van der Waals surface area contributed by atoms with E-state index in [1.54, 1.807) is 0 Å². The van der Waals surface area contributed by atoms with E-state index in [-0.39, 0.29) is 0 Å². The van der Waals surface area contributed by atoms with Crippen molar-refractivity contribution in [3.8, 4) is 0 Å². The van der Waals surface area contributed by atoms with Crippen LogP contribution in [-0.2, 0) is 0 Å². The fourth-order valence-corrected chi connectivity index (χ4v) is 2.51. The van der Waals surface area contributed by atoms with Gasteiger partial charge in [-0.1, -0.05) is 55.4 Å². The first-order valence-corrected chi connectivity index (χ1v) is 9.05. The maximum atomic E-state index is 3.63. The van der Waals surface area contributed by atoms with E-state index in [1.165, 1.54) is 32.5 Å². The van der Waals surface area contributed by atoms with E-state index in [4.69, 9.17) is 0 Å². The van der Waals surface area contributed by atoms with Gasteiger partial charge < -0.3 is 10.2 Å². The van der Waals surface area contributed by atoms with Crippen molar-refractivity contribution in [2.45, 2.75) is 68.2 Å². The predicted octanol–water partition coefficient (Wildman–Crippen LogP) is 4.65. The van der Waals surface area contributed by atoms with Crippen molar-refractivity contribution in [2.75, 3.05) is 32.7 Å². The third-order valence-corrected chi connectivity index (χ3v) is 3.85. The van der Waals surface area contributed by atoms with Crippen LogP contribution in [0.4, 0.5) is 0 Å². The maximum absolute atomic E-state index is 3.63. The molecule has 0 atom stereocenters. The van der Waals surface area contributed by atoms with E-state index >= 15 is 0 Å². The molecule has 0 aromatic heterocycles. The summed E-state index contributed by atoms with van der Waals surface area (Å²) in [6.07, 6.45) is 2.63. The Morgan fingerprint density at radius 2 is 1.29 bits per heavy atom. The molecule has 0 unspecified atom stereocenters. The van der Waals surface area contributed by atoms with Crippen LogP contribution in [-0.4, -0.2) is 37.6 Å². The average Bonchev–Trinajstić information content (AvgIpc) is 2.31. The maximum Gasteiger partial charge on any atom is 0.00448 e. The lowest BCUT2D eigenvalue weighted by atomic mass is 9.91. The second-order valence-electron chi connectivity index (χ2n) is 8.83. The molecule has 0 heterocycles. The van der Waals surface area contributed by atoms with Gasteiger partial charge in [0, 0.05) is 13.1 Å². The molecular weight excluding hydrogens is 256 g/mol. The molecule has 0 radical (unpaired) electrons. The van der Waals surface area contributed by atoms with Crippen LogP contribution < -0.4 is 5.32 Å². The van der Waals surface area contributed by atoms with E-state index in [2.05, 4.69) is 65.6 Å². The fraction of sp³-hybridized carbons (Fsp3) is 1.00. The van der Waals surface area contributed by atoms with Crippen LogP contribution in [0.3, 0.4) is 0 Å². The molecule has 0 fully saturated rings. The van der Waals surface area contributed by atoms with Gasteiger partial charge in [-0.15, -0.1) is 0 Å². The Kier molecular flexibility index (Phi) is 10.6. The second-order valence-corrected chi connectivity index (χ2v) is 8.83. The number of hydrogen-bond acceptors (Lipinski definition) is 2. The van der Waals surface area contributed by atoms with Gasteiger partial charge in [0.2, 0.25) is 0 Å². The number of nitrogens with zero attached hydrogens (tertiary/aromatic N) is 1. The van der Waals surface area contributed by atoms with Crippen LogP contribution in [0.15, 0.2) is 0 Å². The van der Waals surface area contributed by atoms with Gasteiger partial charge in [0.05, 0.1) is 0 Å². The fourth-order valence-electron chi connectivity index (χ4n) is 2.51. The minimum Gasteiger partial charge on any atom is -0.316 e. The first-order valence-electron chi connectivity index (χ1n) is 9.05. The van der Waals surface area contributed by atoms with Gasteiger partial charge in [0.15, 0.2) is 0 Å². The topological polar surface area (TPSA) is 15.3 Å². The Morgan fingerprint density at radius 1 is 0.810 bits per heavy atom. The molecule has 0 bridgehead atoms. The van der Waals surface area contributed by atoms with Gasteiger partial charge >= 0.3 is 0 Å². The summed E-state index contributed by atoms with van der Waals surface area (Å²) in [5.41, 5.74) is 0.350. The van der Waals surface area contributed by atoms with Gasteiger partial charge in [-0.2, -0.15) is 0 Å². The first-order chi connectivity index (χ1) is 9.62. The normalized spacial score (nSPS) is 13.1. The van der Waals surface area contributed by atoms with Crippen molar-refractivity contribution >= 4 is 0 Å². The highest BCUT2D eigenvalue weighted by molar-refractivity contribution is 4.77. The Morgan fingerprint density at radius 3 is 1.67 bits per heavy atom. The van der Waals surface area contributed by atoms with Gasteiger partial charge in [0.1, 0.15) is 0 Å². The molecule has 128 valence electrons. The van der Waals surface area contributed by atoms with E-state index < -0.39 is 0 Å². The van der Waals surface area contributed by atoms with Crippen molar-refractivity contribution in [2.24, 2.45) is 23.2 Å². The van der Waals surface area contributed by atoms with Gasteiger partial charge in [-0.05, 0) is 55.6 Å². The second kappa shape index (κ2) is 10.6. The zero-order valence-corrected chi connectivity index (χ0v) is 16.1. The first kappa shape index (κ1) is 20.9. The molecule has 0 saturated carbocycles. The van der Waals surface area contributed by atoms with Crippen LogP contribution in [0, 0.1) is 23.2 Å². The summed E-state index contributed by atoms with van der Waals surface area (Å²) in [4.78, 5) is 2.69. The Balaban J connectivity index is 4.31. The molecule has 0 aliphatic carbocycles. The van der Waals surface area contributed by atoms with Crippen LogP contribution in [0.1, 0.15) is 68.2 Å². The van der Waals surface area contributed by atoms with Crippen LogP contribution >= 0.6 is 0 Å². The quantitative estimate of drug-likeness (QED) is 0.564. The Labute approximate surface area is 135 Å². The minimum absolute atomic E-state index is 0.350. The van der Waals surface area contributed by atoms with E-state index in [0.29, 0.717) is 5.41 Å². The van der Waals surface area contributed by atoms with Gasteiger partial charge in [-0.25, -0.2) is 0 Å². The third-order valence-electron chi connectivity index (χ3n) is 3.85. The smallest absolute Gasteiger partial charge is 0.00448 e. The summed E-state index contributed by atoms with van der Waals surface area (Å²) in [6.45, 7) is 24.6. The van der Waals surface area contributed by atoms with Gasteiger partial charge in [0.25, 0.3) is 0 Å². The molecule has 0 aliphatic rings. The molecule has 0 rings (SSSR count). The zero-order chi connectivity index (χ0) is 16.5. The molecular formula is C19H42N2. The molecule has 0 saturated heterocycles. The van der Waals surface area contributed by atoms with Crippen LogP contribution in [0.5, 0.6) is 0 Å². The molecule has 0 aromatic rings. The number of rotatable bonds is 12. The van der Waals surface area contributed by atoms with E-state index in [0.717, 1.165) is 30.8 Å². The van der Waals surface area contributed by atoms with Crippen molar-refractivity contribution in [1.82, 2.24) is 10.2 Å². The molecule has 0 aliphatic heterocycles. The lowest BCUT2D eigenvalue weighted by Crippen LogP contribution is -2.42. The minimum atomic E-state index is 0.350. The summed E-state index contributed by atoms with van der Waals surface area (Å²) in [7, 11) is 0. The highest BCUT2D eigenvalue weighted by Crippen LogP contribution is 2.18.